The highest BCUT2D eigenvalue weighted by Gasteiger charge is 2.47. The van der Waals surface area contributed by atoms with Crippen LogP contribution in [0.1, 0.15) is 26.2 Å². The van der Waals surface area contributed by atoms with Gasteiger partial charge in [-0.2, -0.15) is 0 Å². The predicted molar refractivity (Wildman–Crippen MR) is 66.0 cm³/mol. The van der Waals surface area contributed by atoms with Gasteiger partial charge in [0.25, 0.3) is 0 Å². The molecule has 0 saturated carbocycles. The molecule has 0 aliphatic heterocycles. The number of hydrogen-bond donors (Lipinski definition) is 0. The maximum Gasteiger partial charge on any atom is 0.323 e. The van der Waals surface area contributed by atoms with Gasteiger partial charge in [0.15, 0.2) is 5.78 Å². The van der Waals surface area contributed by atoms with Crippen LogP contribution in [0.2, 0.25) is 0 Å². The molecule has 0 N–H and O–H groups in total. The number of rotatable bonds is 3. The number of carbonyl (C=O) groups is 2. The molecule has 1 unspecified atom stereocenters. The lowest BCUT2D eigenvalue weighted by molar-refractivity contribution is -0.155. The Balaban J connectivity index is 3.19. The first-order valence-electron chi connectivity index (χ1n) is 4.94. The molecule has 0 aromatic carbocycles. The number of ketones is 1. The van der Waals surface area contributed by atoms with Gasteiger partial charge in [-0.25, -0.2) is 0 Å². The Bertz CT molecular complexity index is 309. The van der Waals surface area contributed by atoms with Gasteiger partial charge in [0.05, 0.1) is 7.11 Å². The number of carbonyl (C=O) groups excluding carboxylic acids is 2. The first kappa shape index (κ1) is 12.7. The highest BCUT2D eigenvalue weighted by atomic mass is 127. The molecule has 1 aliphatic carbocycles. The maximum absolute atomic E-state index is 11.8. The molecule has 1 atom stereocenters. The molecule has 1 aliphatic rings. The topological polar surface area (TPSA) is 43.4 Å². The molecular weight excluding hydrogens is 307 g/mol. The van der Waals surface area contributed by atoms with Gasteiger partial charge in [0.2, 0.25) is 0 Å². The van der Waals surface area contributed by atoms with E-state index in [1.54, 1.807) is 0 Å². The third kappa shape index (κ3) is 2.09. The summed E-state index contributed by atoms with van der Waals surface area (Å²) in [6, 6.07) is 0. The monoisotopic (exact) mass is 322 g/mol. The number of esters is 1. The van der Waals surface area contributed by atoms with Crippen molar-refractivity contribution in [2.75, 3.05) is 11.5 Å². The third-order valence-electron chi connectivity index (χ3n) is 2.97. The van der Waals surface area contributed by atoms with Gasteiger partial charge in [0.1, 0.15) is 5.41 Å². The minimum atomic E-state index is -0.992. The molecule has 0 amide bonds. The van der Waals surface area contributed by atoms with Crippen LogP contribution in [0.4, 0.5) is 0 Å². The highest BCUT2D eigenvalue weighted by Crippen LogP contribution is 2.40. The van der Waals surface area contributed by atoms with Crippen molar-refractivity contribution in [2.45, 2.75) is 26.2 Å². The van der Waals surface area contributed by atoms with E-state index >= 15 is 0 Å². The van der Waals surface area contributed by atoms with E-state index in [0.29, 0.717) is 10.8 Å². The quantitative estimate of drug-likeness (QED) is 0.263. The predicted octanol–water partition coefficient (Wildman–Crippen LogP) is 2.28. The molecule has 0 saturated heterocycles. The number of methoxy groups -OCH3 is 1. The zero-order chi connectivity index (χ0) is 11.5. The average Bonchev–Trinajstić information content (AvgIpc) is 2.27. The lowest BCUT2D eigenvalue weighted by Gasteiger charge is -2.33. The van der Waals surface area contributed by atoms with Crippen LogP contribution >= 0.6 is 22.6 Å². The fourth-order valence-electron chi connectivity index (χ4n) is 2.10. The number of Topliss-reactive ketones (excluding diaryl/α,β-unsaturated/α-hetero) is 1. The minimum Gasteiger partial charge on any atom is -0.468 e. The second kappa shape index (κ2) is 5.09. The lowest BCUT2D eigenvalue weighted by Crippen LogP contribution is -2.42. The zero-order valence-electron chi connectivity index (χ0n) is 9.01. The van der Waals surface area contributed by atoms with Crippen molar-refractivity contribution >= 4 is 34.3 Å². The fraction of sp³-hybridized carbons (Fsp3) is 0.636. The molecule has 0 radical (unpaired) electrons. The van der Waals surface area contributed by atoms with Crippen molar-refractivity contribution in [3.63, 3.8) is 0 Å². The van der Waals surface area contributed by atoms with Crippen molar-refractivity contribution in [1.29, 1.82) is 0 Å². The summed E-state index contributed by atoms with van der Waals surface area (Å²) >= 11 is 2.19. The van der Waals surface area contributed by atoms with Crippen LogP contribution in [0.3, 0.4) is 0 Å². The first-order valence-corrected chi connectivity index (χ1v) is 6.47. The van der Waals surface area contributed by atoms with Crippen LogP contribution in [-0.2, 0) is 14.3 Å². The summed E-state index contributed by atoms with van der Waals surface area (Å²) < 4.78 is 5.48. The Morgan fingerprint density at radius 2 is 2.27 bits per heavy atom. The van der Waals surface area contributed by atoms with Crippen LogP contribution in [0.25, 0.3) is 0 Å². The van der Waals surface area contributed by atoms with Crippen LogP contribution in [-0.4, -0.2) is 23.3 Å². The van der Waals surface area contributed by atoms with Crippen molar-refractivity contribution in [3.8, 4) is 0 Å². The number of alkyl halides is 1. The number of halogens is 1. The summed E-state index contributed by atoms with van der Waals surface area (Å²) in [6.45, 7) is 1.47. The van der Waals surface area contributed by atoms with Gasteiger partial charge in [-0.1, -0.05) is 28.7 Å². The van der Waals surface area contributed by atoms with E-state index in [1.807, 2.05) is 6.08 Å². The second-order valence-corrected chi connectivity index (χ2v) is 4.47. The van der Waals surface area contributed by atoms with Crippen molar-refractivity contribution in [3.05, 3.63) is 11.6 Å². The number of allylic oxidation sites excluding steroid dienone is 1. The van der Waals surface area contributed by atoms with Gasteiger partial charge in [0, 0.05) is 4.43 Å². The van der Waals surface area contributed by atoms with Gasteiger partial charge >= 0.3 is 5.97 Å². The van der Waals surface area contributed by atoms with E-state index in [0.717, 1.165) is 18.4 Å². The molecule has 1 rings (SSSR count). The van der Waals surface area contributed by atoms with Gasteiger partial charge in [-0.3, -0.25) is 9.59 Å². The van der Waals surface area contributed by atoms with E-state index in [-0.39, 0.29) is 5.78 Å². The summed E-state index contributed by atoms with van der Waals surface area (Å²) in [5.41, 5.74) is -0.0810. The number of ether oxygens (including phenoxy) is 1. The Morgan fingerprint density at radius 1 is 1.60 bits per heavy atom. The van der Waals surface area contributed by atoms with Crippen LogP contribution in [0.5, 0.6) is 0 Å². The first-order chi connectivity index (χ1) is 7.09. The maximum atomic E-state index is 11.8. The summed E-state index contributed by atoms with van der Waals surface area (Å²) in [4.78, 5) is 23.6. The van der Waals surface area contributed by atoms with Crippen LogP contribution < -0.4 is 0 Å². The van der Waals surface area contributed by atoms with E-state index in [4.69, 9.17) is 4.74 Å². The molecule has 0 aromatic rings. The van der Waals surface area contributed by atoms with Crippen LogP contribution in [0, 0.1) is 5.41 Å². The standard InChI is InChI=1S/C11H15IO3/c1-8(13)11(10(14)15-2)6-4-3-5-9(11)7-12/h5H,3-4,6-7H2,1-2H3. The average molecular weight is 322 g/mol. The molecule has 84 valence electrons. The zero-order valence-corrected chi connectivity index (χ0v) is 11.2. The SMILES string of the molecule is COC(=O)C1(C(C)=O)CCCC=C1CI. The van der Waals surface area contributed by atoms with Gasteiger partial charge in [-0.05, 0) is 31.8 Å². The highest BCUT2D eigenvalue weighted by molar-refractivity contribution is 14.1. The minimum absolute atomic E-state index is 0.100. The molecule has 0 aromatic heterocycles. The molecule has 0 spiro atoms. The summed E-state index contributed by atoms with van der Waals surface area (Å²) in [5.74, 6) is -0.505. The molecule has 0 heterocycles. The van der Waals surface area contributed by atoms with Crippen molar-refractivity contribution in [1.82, 2.24) is 0 Å². The lowest BCUT2D eigenvalue weighted by atomic mass is 9.70. The van der Waals surface area contributed by atoms with E-state index in [2.05, 4.69) is 22.6 Å². The smallest absolute Gasteiger partial charge is 0.323 e. The molecule has 15 heavy (non-hydrogen) atoms. The molecular formula is C11H15IO3. The van der Waals surface area contributed by atoms with Crippen molar-refractivity contribution in [2.24, 2.45) is 5.41 Å². The van der Waals surface area contributed by atoms with E-state index < -0.39 is 11.4 Å². The Morgan fingerprint density at radius 3 is 2.73 bits per heavy atom. The molecule has 0 fully saturated rings. The van der Waals surface area contributed by atoms with Gasteiger partial charge < -0.3 is 4.74 Å². The normalized spacial score (nSPS) is 25.7. The fourth-order valence-corrected chi connectivity index (χ4v) is 3.06. The molecule has 3 nitrogen and oxygen atoms in total. The Kier molecular flexibility index (Phi) is 4.31. The Hall–Kier alpha value is -0.390. The number of hydrogen-bond acceptors (Lipinski definition) is 3. The van der Waals surface area contributed by atoms with Crippen LogP contribution in [0.15, 0.2) is 11.6 Å². The summed E-state index contributed by atoms with van der Waals surface area (Å²) in [7, 11) is 1.34. The summed E-state index contributed by atoms with van der Waals surface area (Å²) in [6.07, 6.45) is 4.41. The largest absolute Gasteiger partial charge is 0.468 e. The Labute approximate surface area is 103 Å². The molecule has 4 heteroatoms. The van der Waals surface area contributed by atoms with Gasteiger partial charge in [-0.15, -0.1) is 0 Å². The van der Waals surface area contributed by atoms with E-state index in [9.17, 15) is 9.59 Å². The summed E-state index contributed by atoms with van der Waals surface area (Å²) in [5, 5.41) is 0. The molecule has 0 bridgehead atoms. The second-order valence-electron chi connectivity index (χ2n) is 3.71. The third-order valence-corrected chi connectivity index (χ3v) is 3.80. The van der Waals surface area contributed by atoms with E-state index in [1.165, 1.54) is 14.0 Å². The van der Waals surface area contributed by atoms with Crippen molar-refractivity contribution < 1.29 is 14.3 Å².